The van der Waals surface area contributed by atoms with Crippen LogP contribution in [-0.4, -0.2) is 33.5 Å². The Morgan fingerprint density at radius 1 is 1.00 bits per heavy atom. The summed E-state index contributed by atoms with van der Waals surface area (Å²) in [5, 5.41) is 6.63. The lowest BCUT2D eigenvalue weighted by molar-refractivity contribution is 0.581. The van der Waals surface area contributed by atoms with E-state index < -0.39 is 10.0 Å². The molecule has 30 heavy (non-hydrogen) atoms. The molecular weight excluding hydrogens is 396 g/mol. The van der Waals surface area contributed by atoms with Gasteiger partial charge in [0.2, 0.25) is 10.0 Å². The van der Waals surface area contributed by atoms with Crippen LogP contribution in [0.5, 0.6) is 0 Å². The fourth-order valence-corrected chi connectivity index (χ4v) is 4.62. The van der Waals surface area contributed by atoms with E-state index in [9.17, 15) is 8.42 Å². The summed E-state index contributed by atoms with van der Waals surface area (Å²) in [4.78, 5) is 4.94. The molecule has 7 heteroatoms. The molecule has 0 amide bonds. The minimum absolute atomic E-state index is 0.108. The molecule has 0 spiro atoms. The minimum Gasteiger partial charge on any atom is -0.357 e. The zero-order valence-electron chi connectivity index (χ0n) is 18.0. The third-order valence-corrected chi connectivity index (χ3v) is 6.42. The van der Waals surface area contributed by atoms with Crippen molar-refractivity contribution in [2.24, 2.45) is 4.99 Å². The van der Waals surface area contributed by atoms with E-state index in [0.717, 1.165) is 43.9 Å². The second kappa shape index (κ2) is 10.1. The van der Waals surface area contributed by atoms with Gasteiger partial charge in [-0.1, -0.05) is 41.5 Å². The molecule has 1 fully saturated rings. The highest BCUT2D eigenvalue weighted by atomic mass is 32.2. The van der Waals surface area contributed by atoms with Gasteiger partial charge < -0.3 is 10.6 Å². The number of aryl methyl sites for hydroxylation is 2. The monoisotopic (exact) mass is 428 g/mol. The van der Waals surface area contributed by atoms with Crippen molar-refractivity contribution in [1.29, 1.82) is 0 Å². The van der Waals surface area contributed by atoms with Crippen molar-refractivity contribution < 1.29 is 8.42 Å². The maximum absolute atomic E-state index is 12.3. The van der Waals surface area contributed by atoms with Crippen LogP contribution in [0.3, 0.4) is 0 Å². The first-order valence-corrected chi connectivity index (χ1v) is 12.0. The van der Waals surface area contributed by atoms with E-state index in [1.165, 1.54) is 16.7 Å². The molecule has 0 unspecified atom stereocenters. The van der Waals surface area contributed by atoms with Gasteiger partial charge in [-0.25, -0.2) is 18.1 Å². The minimum atomic E-state index is -3.41. The van der Waals surface area contributed by atoms with E-state index in [0.29, 0.717) is 11.4 Å². The molecule has 1 saturated carbocycles. The number of hydrogen-bond acceptors (Lipinski definition) is 3. The fraction of sp³-hybridized carbons (Fsp3) is 0.435. The first-order chi connectivity index (χ1) is 14.4. The molecule has 2 aromatic carbocycles. The van der Waals surface area contributed by atoms with Gasteiger partial charge in [0.1, 0.15) is 0 Å². The standard InChI is InChI=1S/C23H32N4O2S/c1-4-24-23(25-12-11-20-14-17(2)13-18(3)15-20)26-16-19-5-9-22(10-6-19)30(28,29)27-21-7-8-21/h5-6,9-10,13-15,21,27H,4,7-8,11-12,16H2,1-3H3,(H2,24,25,26). The molecular formula is C23H32N4O2S. The van der Waals surface area contributed by atoms with E-state index >= 15 is 0 Å². The summed E-state index contributed by atoms with van der Waals surface area (Å²) in [5.74, 6) is 0.758. The van der Waals surface area contributed by atoms with Crippen molar-refractivity contribution in [1.82, 2.24) is 15.4 Å². The highest BCUT2D eigenvalue weighted by molar-refractivity contribution is 7.89. The number of benzene rings is 2. The Labute approximate surface area is 180 Å². The summed E-state index contributed by atoms with van der Waals surface area (Å²) in [5.41, 5.74) is 4.84. The molecule has 162 valence electrons. The van der Waals surface area contributed by atoms with Crippen molar-refractivity contribution in [3.63, 3.8) is 0 Å². The van der Waals surface area contributed by atoms with Gasteiger partial charge in [0, 0.05) is 19.1 Å². The molecule has 0 atom stereocenters. The summed E-state index contributed by atoms with van der Waals surface area (Å²) < 4.78 is 27.2. The molecule has 2 aromatic rings. The highest BCUT2D eigenvalue weighted by Gasteiger charge is 2.27. The van der Waals surface area contributed by atoms with E-state index in [1.54, 1.807) is 12.1 Å². The SMILES string of the molecule is CCNC(=NCc1ccc(S(=O)(=O)NC2CC2)cc1)NCCc1cc(C)cc(C)c1. The average Bonchev–Trinajstić information content (AvgIpc) is 3.49. The molecule has 0 bridgehead atoms. The zero-order valence-corrected chi connectivity index (χ0v) is 18.8. The third kappa shape index (κ3) is 6.85. The first-order valence-electron chi connectivity index (χ1n) is 10.6. The van der Waals surface area contributed by atoms with Crippen molar-refractivity contribution in [3.05, 3.63) is 64.7 Å². The van der Waals surface area contributed by atoms with Crippen LogP contribution in [0.1, 0.15) is 42.0 Å². The Bertz CT molecular complexity index is 961. The van der Waals surface area contributed by atoms with Crippen molar-refractivity contribution in [3.8, 4) is 0 Å². The summed E-state index contributed by atoms with van der Waals surface area (Å²) >= 11 is 0. The molecule has 1 aliphatic carbocycles. The first kappa shape index (κ1) is 22.3. The number of nitrogens with zero attached hydrogens (tertiary/aromatic N) is 1. The van der Waals surface area contributed by atoms with Gasteiger partial charge in [0.05, 0.1) is 11.4 Å². The quantitative estimate of drug-likeness (QED) is 0.423. The Morgan fingerprint density at radius 2 is 1.67 bits per heavy atom. The van der Waals surface area contributed by atoms with Crippen LogP contribution >= 0.6 is 0 Å². The molecule has 0 aliphatic heterocycles. The third-order valence-electron chi connectivity index (χ3n) is 4.88. The van der Waals surface area contributed by atoms with Crippen molar-refractivity contribution >= 4 is 16.0 Å². The number of guanidine groups is 1. The predicted molar refractivity (Wildman–Crippen MR) is 122 cm³/mol. The van der Waals surface area contributed by atoms with Gasteiger partial charge in [-0.2, -0.15) is 0 Å². The van der Waals surface area contributed by atoms with Crippen LogP contribution in [-0.2, 0) is 23.0 Å². The van der Waals surface area contributed by atoms with Gasteiger partial charge in [0.25, 0.3) is 0 Å². The van der Waals surface area contributed by atoms with Gasteiger partial charge >= 0.3 is 0 Å². The second-order valence-electron chi connectivity index (χ2n) is 7.91. The van der Waals surface area contributed by atoms with E-state index in [2.05, 4.69) is 52.4 Å². The Morgan fingerprint density at radius 3 is 2.27 bits per heavy atom. The van der Waals surface area contributed by atoms with Gasteiger partial charge in [0.15, 0.2) is 5.96 Å². The molecule has 0 heterocycles. The van der Waals surface area contributed by atoms with Gasteiger partial charge in [-0.05, 0) is 63.3 Å². The average molecular weight is 429 g/mol. The molecule has 6 nitrogen and oxygen atoms in total. The largest absolute Gasteiger partial charge is 0.357 e. The van der Waals surface area contributed by atoms with Gasteiger partial charge in [-0.15, -0.1) is 0 Å². The van der Waals surface area contributed by atoms with Crippen molar-refractivity contribution in [2.45, 2.75) is 57.5 Å². The molecule has 3 rings (SSSR count). The van der Waals surface area contributed by atoms with Crippen LogP contribution < -0.4 is 15.4 Å². The molecule has 0 radical (unpaired) electrons. The predicted octanol–water partition coefficient (Wildman–Crippen LogP) is 3.04. The number of aliphatic imine (C=N–C) groups is 1. The number of nitrogens with one attached hydrogen (secondary N) is 3. The lowest BCUT2D eigenvalue weighted by Crippen LogP contribution is -2.38. The normalized spacial score (nSPS) is 14.6. The van der Waals surface area contributed by atoms with Gasteiger partial charge in [-0.3, -0.25) is 0 Å². The lowest BCUT2D eigenvalue weighted by Gasteiger charge is -2.12. The van der Waals surface area contributed by atoms with E-state index in [1.807, 2.05) is 19.1 Å². The Hall–Kier alpha value is -2.38. The number of sulfonamides is 1. The van der Waals surface area contributed by atoms with E-state index in [-0.39, 0.29) is 6.04 Å². The molecule has 3 N–H and O–H groups in total. The maximum atomic E-state index is 12.3. The summed E-state index contributed by atoms with van der Waals surface area (Å²) in [6.07, 6.45) is 2.78. The molecule has 1 aliphatic rings. The summed E-state index contributed by atoms with van der Waals surface area (Å²) in [6.45, 7) is 8.32. The van der Waals surface area contributed by atoms with Crippen LogP contribution in [0.15, 0.2) is 52.4 Å². The molecule has 0 saturated heterocycles. The summed E-state index contributed by atoms with van der Waals surface area (Å²) in [7, 11) is -3.41. The Kier molecular flexibility index (Phi) is 7.50. The zero-order chi connectivity index (χ0) is 21.6. The van der Waals surface area contributed by atoms with Crippen LogP contribution in [0.2, 0.25) is 0 Å². The van der Waals surface area contributed by atoms with Crippen molar-refractivity contribution in [2.75, 3.05) is 13.1 Å². The van der Waals surface area contributed by atoms with Crippen LogP contribution in [0.4, 0.5) is 0 Å². The lowest BCUT2D eigenvalue weighted by atomic mass is 10.1. The fourth-order valence-electron chi connectivity index (χ4n) is 3.31. The van der Waals surface area contributed by atoms with Crippen LogP contribution in [0, 0.1) is 13.8 Å². The topological polar surface area (TPSA) is 82.6 Å². The second-order valence-corrected chi connectivity index (χ2v) is 9.62. The summed E-state index contributed by atoms with van der Waals surface area (Å²) in [6, 6.07) is 13.7. The number of rotatable bonds is 9. The highest BCUT2D eigenvalue weighted by Crippen LogP contribution is 2.22. The molecule has 0 aromatic heterocycles. The smallest absolute Gasteiger partial charge is 0.240 e. The van der Waals surface area contributed by atoms with Crippen LogP contribution in [0.25, 0.3) is 0 Å². The Balaban J connectivity index is 1.55. The van der Waals surface area contributed by atoms with E-state index in [4.69, 9.17) is 0 Å². The maximum Gasteiger partial charge on any atom is 0.240 e. The number of hydrogen-bond donors (Lipinski definition) is 3.